The summed E-state index contributed by atoms with van der Waals surface area (Å²) >= 11 is 0. The van der Waals surface area contributed by atoms with Gasteiger partial charge in [0.1, 0.15) is 12.4 Å². The second kappa shape index (κ2) is 7.28. The van der Waals surface area contributed by atoms with E-state index in [0.29, 0.717) is 12.6 Å². The van der Waals surface area contributed by atoms with Crippen molar-refractivity contribution in [3.63, 3.8) is 0 Å². The lowest BCUT2D eigenvalue weighted by atomic mass is 10.1. The quantitative estimate of drug-likeness (QED) is 0.849. The minimum Gasteiger partial charge on any atom is -0.489 e. The van der Waals surface area contributed by atoms with Crippen molar-refractivity contribution in [3.05, 3.63) is 64.7 Å². The summed E-state index contributed by atoms with van der Waals surface area (Å²) in [5.74, 6) is 0.964. The van der Waals surface area contributed by atoms with Crippen LogP contribution in [0.2, 0.25) is 0 Å². The summed E-state index contributed by atoms with van der Waals surface area (Å²) < 4.78 is 5.94. The first-order chi connectivity index (χ1) is 10.0. The molecule has 2 heteroatoms. The van der Waals surface area contributed by atoms with Gasteiger partial charge in [-0.25, -0.2) is 0 Å². The third-order valence-electron chi connectivity index (χ3n) is 3.43. The molecule has 0 aliphatic carbocycles. The highest BCUT2D eigenvalue weighted by atomic mass is 16.5. The number of benzene rings is 2. The lowest BCUT2D eigenvalue weighted by molar-refractivity contribution is 0.304. The standard InChI is InChI=1S/C19H25NO/c1-14(2)20-12-17-6-5-7-18(11-17)13-21-19-9-8-15(3)10-16(19)4/h5-11,14,20H,12-13H2,1-4H3. The van der Waals surface area contributed by atoms with Gasteiger partial charge in [-0.15, -0.1) is 0 Å². The molecule has 2 rings (SSSR count). The Labute approximate surface area is 128 Å². The first-order valence-corrected chi connectivity index (χ1v) is 7.56. The average molecular weight is 283 g/mol. The van der Waals surface area contributed by atoms with Gasteiger partial charge in [-0.05, 0) is 36.6 Å². The molecule has 0 saturated carbocycles. The van der Waals surface area contributed by atoms with Crippen LogP contribution in [-0.4, -0.2) is 6.04 Å². The Kier molecular flexibility index (Phi) is 5.40. The van der Waals surface area contributed by atoms with Crippen LogP contribution in [0, 0.1) is 13.8 Å². The summed E-state index contributed by atoms with van der Waals surface area (Å²) in [6.45, 7) is 10.0. The predicted octanol–water partition coefficient (Wildman–Crippen LogP) is 4.38. The second-order valence-electron chi connectivity index (χ2n) is 5.91. The van der Waals surface area contributed by atoms with Gasteiger partial charge in [0, 0.05) is 12.6 Å². The fourth-order valence-electron chi connectivity index (χ4n) is 2.27. The van der Waals surface area contributed by atoms with Gasteiger partial charge >= 0.3 is 0 Å². The van der Waals surface area contributed by atoms with Gasteiger partial charge in [0.2, 0.25) is 0 Å². The van der Waals surface area contributed by atoms with E-state index in [1.54, 1.807) is 0 Å². The fraction of sp³-hybridized carbons (Fsp3) is 0.368. The van der Waals surface area contributed by atoms with Crippen LogP contribution >= 0.6 is 0 Å². The van der Waals surface area contributed by atoms with E-state index < -0.39 is 0 Å². The lowest BCUT2D eigenvalue weighted by Crippen LogP contribution is -2.21. The van der Waals surface area contributed by atoms with Crippen molar-refractivity contribution in [2.45, 2.75) is 46.9 Å². The number of nitrogens with one attached hydrogen (secondary N) is 1. The zero-order valence-corrected chi connectivity index (χ0v) is 13.4. The van der Waals surface area contributed by atoms with Crippen LogP contribution in [-0.2, 0) is 13.2 Å². The molecule has 0 aromatic heterocycles. The fourth-order valence-corrected chi connectivity index (χ4v) is 2.27. The number of rotatable bonds is 6. The second-order valence-corrected chi connectivity index (χ2v) is 5.91. The average Bonchev–Trinajstić information content (AvgIpc) is 2.45. The van der Waals surface area contributed by atoms with Crippen molar-refractivity contribution < 1.29 is 4.74 Å². The molecule has 0 saturated heterocycles. The van der Waals surface area contributed by atoms with E-state index in [-0.39, 0.29) is 0 Å². The van der Waals surface area contributed by atoms with Gasteiger partial charge in [0.15, 0.2) is 0 Å². The smallest absolute Gasteiger partial charge is 0.122 e. The maximum absolute atomic E-state index is 5.94. The minimum atomic E-state index is 0.500. The molecule has 0 amide bonds. The maximum atomic E-state index is 5.94. The first kappa shape index (κ1) is 15.6. The van der Waals surface area contributed by atoms with Crippen LogP contribution in [0.5, 0.6) is 5.75 Å². The number of hydrogen-bond donors (Lipinski definition) is 1. The molecular weight excluding hydrogens is 258 g/mol. The third kappa shape index (κ3) is 4.91. The van der Waals surface area contributed by atoms with E-state index in [4.69, 9.17) is 4.74 Å². The summed E-state index contributed by atoms with van der Waals surface area (Å²) in [5, 5.41) is 3.44. The van der Waals surface area contributed by atoms with Gasteiger partial charge in [-0.2, -0.15) is 0 Å². The molecule has 0 aliphatic rings. The SMILES string of the molecule is Cc1ccc(OCc2cccc(CNC(C)C)c2)c(C)c1. The molecule has 0 bridgehead atoms. The van der Waals surface area contributed by atoms with Crippen molar-refractivity contribution in [2.24, 2.45) is 0 Å². The summed E-state index contributed by atoms with van der Waals surface area (Å²) in [5.41, 5.74) is 4.96. The van der Waals surface area contributed by atoms with E-state index in [1.165, 1.54) is 22.3 Å². The summed E-state index contributed by atoms with van der Waals surface area (Å²) in [7, 11) is 0. The molecule has 1 N–H and O–H groups in total. The normalized spacial score (nSPS) is 10.9. The maximum Gasteiger partial charge on any atom is 0.122 e. The molecule has 0 radical (unpaired) electrons. The van der Waals surface area contributed by atoms with Crippen molar-refractivity contribution in [2.75, 3.05) is 0 Å². The van der Waals surface area contributed by atoms with Crippen LogP contribution in [0.4, 0.5) is 0 Å². The zero-order valence-electron chi connectivity index (χ0n) is 13.4. The molecule has 21 heavy (non-hydrogen) atoms. The summed E-state index contributed by atoms with van der Waals surface area (Å²) in [6.07, 6.45) is 0. The highest BCUT2D eigenvalue weighted by Gasteiger charge is 2.02. The van der Waals surface area contributed by atoms with Crippen molar-refractivity contribution in [3.8, 4) is 5.75 Å². The van der Waals surface area contributed by atoms with Gasteiger partial charge in [-0.3, -0.25) is 0 Å². The Morgan fingerprint density at radius 3 is 2.48 bits per heavy atom. The predicted molar refractivity (Wildman–Crippen MR) is 88.7 cm³/mol. The van der Waals surface area contributed by atoms with Gasteiger partial charge in [0.25, 0.3) is 0 Å². The van der Waals surface area contributed by atoms with Crippen LogP contribution in [0.25, 0.3) is 0 Å². The largest absolute Gasteiger partial charge is 0.489 e. The molecule has 2 aromatic rings. The lowest BCUT2D eigenvalue weighted by Gasteiger charge is -2.12. The molecule has 112 valence electrons. The molecule has 0 unspecified atom stereocenters. The highest BCUT2D eigenvalue weighted by Crippen LogP contribution is 2.20. The third-order valence-corrected chi connectivity index (χ3v) is 3.43. The van der Waals surface area contributed by atoms with E-state index >= 15 is 0 Å². The van der Waals surface area contributed by atoms with Crippen molar-refractivity contribution in [1.82, 2.24) is 5.32 Å². The number of aryl methyl sites for hydroxylation is 2. The van der Waals surface area contributed by atoms with Gasteiger partial charge in [0.05, 0.1) is 0 Å². The Hall–Kier alpha value is -1.80. The first-order valence-electron chi connectivity index (χ1n) is 7.56. The Balaban J connectivity index is 1.98. The summed E-state index contributed by atoms with van der Waals surface area (Å²) in [6, 6.07) is 15.4. The van der Waals surface area contributed by atoms with Crippen LogP contribution in [0.15, 0.2) is 42.5 Å². The van der Waals surface area contributed by atoms with Gasteiger partial charge < -0.3 is 10.1 Å². The highest BCUT2D eigenvalue weighted by molar-refractivity contribution is 5.36. The van der Waals surface area contributed by atoms with Crippen molar-refractivity contribution >= 4 is 0 Å². The minimum absolute atomic E-state index is 0.500. The molecule has 0 heterocycles. The van der Waals surface area contributed by atoms with E-state index in [1.807, 2.05) is 0 Å². The molecule has 2 aromatic carbocycles. The van der Waals surface area contributed by atoms with Gasteiger partial charge in [-0.1, -0.05) is 55.8 Å². The molecule has 0 aliphatic heterocycles. The molecule has 0 fully saturated rings. The van der Waals surface area contributed by atoms with Crippen molar-refractivity contribution in [1.29, 1.82) is 0 Å². The van der Waals surface area contributed by atoms with Crippen LogP contribution in [0.1, 0.15) is 36.1 Å². The van der Waals surface area contributed by atoms with E-state index in [9.17, 15) is 0 Å². The Morgan fingerprint density at radius 1 is 1.00 bits per heavy atom. The van der Waals surface area contributed by atoms with Crippen LogP contribution < -0.4 is 10.1 Å². The molecule has 0 atom stereocenters. The topological polar surface area (TPSA) is 21.3 Å². The Morgan fingerprint density at radius 2 is 1.76 bits per heavy atom. The summed E-state index contributed by atoms with van der Waals surface area (Å²) in [4.78, 5) is 0. The molecular formula is C19H25NO. The molecule has 0 spiro atoms. The van der Waals surface area contributed by atoms with E-state index in [2.05, 4.69) is 75.5 Å². The zero-order chi connectivity index (χ0) is 15.2. The van der Waals surface area contributed by atoms with E-state index in [0.717, 1.165) is 12.3 Å². The number of hydrogen-bond acceptors (Lipinski definition) is 2. The molecule has 2 nitrogen and oxygen atoms in total. The monoisotopic (exact) mass is 283 g/mol. The van der Waals surface area contributed by atoms with Crippen LogP contribution in [0.3, 0.4) is 0 Å². The number of ether oxygens (including phenoxy) is 1. The Bertz CT molecular complexity index is 590.